The molecular weight excluding hydrogens is 371 g/mol. The maximum atomic E-state index is 12.9. The van der Waals surface area contributed by atoms with Crippen LogP contribution in [0.25, 0.3) is 0 Å². The Kier molecular flexibility index (Phi) is 6.24. The number of halogens is 1. The lowest BCUT2D eigenvalue weighted by Crippen LogP contribution is -2.30. The first-order valence-corrected chi connectivity index (χ1v) is 9.12. The van der Waals surface area contributed by atoms with Gasteiger partial charge in [-0.05, 0) is 74.5 Å². The van der Waals surface area contributed by atoms with Gasteiger partial charge in [-0.3, -0.25) is 9.59 Å². The first-order chi connectivity index (χ1) is 13.9. The van der Waals surface area contributed by atoms with Crippen molar-refractivity contribution in [3.05, 3.63) is 89.7 Å². The van der Waals surface area contributed by atoms with Crippen molar-refractivity contribution in [2.45, 2.75) is 20.0 Å². The van der Waals surface area contributed by atoms with Crippen LogP contribution < -0.4 is 15.4 Å². The highest BCUT2D eigenvalue weighted by Crippen LogP contribution is 2.17. The van der Waals surface area contributed by atoms with Crippen molar-refractivity contribution in [1.82, 2.24) is 0 Å². The first kappa shape index (κ1) is 20.1. The summed E-state index contributed by atoms with van der Waals surface area (Å²) in [6.45, 7) is 3.62. The summed E-state index contributed by atoms with van der Waals surface area (Å²) in [5.41, 5.74) is 2.72. The minimum absolute atomic E-state index is 0.271. The van der Waals surface area contributed by atoms with Gasteiger partial charge in [0.15, 0.2) is 6.10 Å². The number of benzene rings is 3. The average molecular weight is 392 g/mol. The molecule has 3 aromatic rings. The van der Waals surface area contributed by atoms with Crippen LogP contribution in [0.15, 0.2) is 72.8 Å². The topological polar surface area (TPSA) is 67.4 Å². The molecule has 29 heavy (non-hydrogen) atoms. The van der Waals surface area contributed by atoms with E-state index in [-0.39, 0.29) is 17.6 Å². The molecular formula is C23H21FN2O3. The zero-order valence-electron chi connectivity index (χ0n) is 16.1. The van der Waals surface area contributed by atoms with E-state index in [1.54, 1.807) is 31.2 Å². The lowest BCUT2D eigenvalue weighted by Gasteiger charge is -2.15. The Morgan fingerprint density at radius 1 is 0.828 bits per heavy atom. The molecule has 0 saturated carbocycles. The lowest BCUT2D eigenvalue weighted by atomic mass is 10.2. The Morgan fingerprint density at radius 3 is 2.00 bits per heavy atom. The predicted molar refractivity (Wildman–Crippen MR) is 111 cm³/mol. The molecule has 6 heteroatoms. The normalized spacial score (nSPS) is 11.4. The third-order valence-electron chi connectivity index (χ3n) is 4.22. The second kappa shape index (κ2) is 9.01. The Labute approximate surface area is 168 Å². The number of rotatable bonds is 6. The summed E-state index contributed by atoms with van der Waals surface area (Å²) in [4.78, 5) is 24.5. The summed E-state index contributed by atoms with van der Waals surface area (Å²) in [5.74, 6) is -0.500. The molecule has 3 rings (SSSR count). The SMILES string of the molecule is Cc1ccc(NC(=O)[C@H](C)Oc2ccc(C(=O)Nc3ccc(F)cc3)cc2)cc1. The van der Waals surface area contributed by atoms with Crippen LogP contribution in [-0.2, 0) is 4.79 Å². The molecule has 3 aromatic carbocycles. The van der Waals surface area contributed by atoms with Gasteiger partial charge in [0.2, 0.25) is 0 Å². The minimum atomic E-state index is -0.713. The Morgan fingerprint density at radius 2 is 1.38 bits per heavy atom. The molecule has 148 valence electrons. The Bertz CT molecular complexity index is 984. The number of ether oxygens (including phenoxy) is 1. The van der Waals surface area contributed by atoms with Crippen LogP contribution in [0.4, 0.5) is 15.8 Å². The summed E-state index contributed by atoms with van der Waals surface area (Å²) in [6, 6.07) is 19.4. The number of hydrogen-bond acceptors (Lipinski definition) is 3. The van der Waals surface area contributed by atoms with Gasteiger partial charge >= 0.3 is 0 Å². The van der Waals surface area contributed by atoms with Gasteiger partial charge in [-0.2, -0.15) is 0 Å². The standard InChI is InChI=1S/C23H21FN2O3/c1-15-3-9-19(10-4-15)25-22(27)16(2)29-21-13-5-17(6-14-21)23(28)26-20-11-7-18(24)8-12-20/h3-14,16H,1-2H3,(H,25,27)(H,26,28)/t16-/m0/s1. The van der Waals surface area contributed by atoms with Gasteiger partial charge in [0, 0.05) is 16.9 Å². The van der Waals surface area contributed by atoms with Gasteiger partial charge in [0.05, 0.1) is 0 Å². The van der Waals surface area contributed by atoms with Gasteiger partial charge < -0.3 is 15.4 Å². The van der Waals surface area contributed by atoms with E-state index in [2.05, 4.69) is 10.6 Å². The molecule has 0 saturated heterocycles. The minimum Gasteiger partial charge on any atom is -0.481 e. The number of aryl methyl sites for hydroxylation is 1. The molecule has 0 aliphatic carbocycles. The maximum Gasteiger partial charge on any atom is 0.265 e. The molecule has 1 atom stereocenters. The number of anilines is 2. The van der Waals surface area contributed by atoms with Gasteiger partial charge in [-0.25, -0.2) is 4.39 Å². The lowest BCUT2D eigenvalue weighted by molar-refractivity contribution is -0.122. The van der Waals surface area contributed by atoms with E-state index < -0.39 is 6.10 Å². The molecule has 0 aliphatic rings. The largest absolute Gasteiger partial charge is 0.481 e. The van der Waals surface area contributed by atoms with Crippen molar-refractivity contribution in [1.29, 1.82) is 0 Å². The van der Waals surface area contributed by atoms with Gasteiger partial charge in [0.1, 0.15) is 11.6 Å². The molecule has 0 aliphatic heterocycles. The van der Waals surface area contributed by atoms with E-state index in [0.717, 1.165) is 5.56 Å². The Balaban J connectivity index is 1.56. The molecule has 0 heterocycles. The number of carbonyl (C=O) groups excluding carboxylic acids is 2. The van der Waals surface area contributed by atoms with Crippen LogP contribution in [0.3, 0.4) is 0 Å². The van der Waals surface area contributed by atoms with E-state index in [4.69, 9.17) is 4.74 Å². The quantitative estimate of drug-likeness (QED) is 0.634. The highest BCUT2D eigenvalue weighted by atomic mass is 19.1. The van der Waals surface area contributed by atoms with Crippen LogP contribution in [0.1, 0.15) is 22.8 Å². The van der Waals surface area contributed by atoms with E-state index in [9.17, 15) is 14.0 Å². The fourth-order valence-electron chi connectivity index (χ4n) is 2.56. The Hall–Kier alpha value is -3.67. The first-order valence-electron chi connectivity index (χ1n) is 9.12. The molecule has 2 N–H and O–H groups in total. The molecule has 0 spiro atoms. The van der Waals surface area contributed by atoms with E-state index in [0.29, 0.717) is 22.7 Å². The highest BCUT2D eigenvalue weighted by molar-refractivity contribution is 6.04. The van der Waals surface area contributed by atoms with Crippen molar-refractivity contribution in [3.8, 4) is 5.75 Å². The third kappa shape index (κ3) is 5.65. The maximum absolute atomic E-state index is 12.9. The predicted octanol–water partition coefficient (Wildman–Crippen LogP) is 4.79. The number of carbonyl (C=O) groups is 2. The zero-order valence-corrected chi connectivity index (χ0v) is 16.1. The smallest absolute Gasteiger partial charge is 0.265 e. The molecule has 0 aromatic heterocycles. The van der Waals surface area contributed by atoms with E-state index in [1.165, 1.54) is 24.3 Å². The van der Waals surface area contributed by atoms with Crippen LogP contribution in [-0.4, -0.2) is 17.9 Å². The molecule has 0 bridgehead atoms. The van der Waals surface area contributed by atoms with Crippen molar-refractivity contribution in [3.63, 3.8) is 0 Å². The van der Waals surface area contributed by atoms with Gasteiger partial charge in [-0.15, -0.1) is 0 Å². The van der Waals surface area contributed by atoms with Crippen molar-refractivity contribution >= 4 is 23.2 Å². The summed E-state index contributed by atoms with van der Waals surface area (Å²) in [6.07, 6.45) is -0.713. The molecule has 2 amide bonds. The highest BCUT2D eigenvalue weighted by Gasteiger charge is 2.15. The number of nitrogens with one attached hydrogen (secondary N) is 2. The molecule has 0 fully saturated rings. The second-order valence-electron chi connectivity index (χ2n) is 6.60. The summed E-state index contributed by atoms with van der Waals surface area (Å²) < 4.78 is 18.6. The monoisotopic (exact) mass is 392 g/mol. The van der Waals surface area contributed by atoms with E-state index >= 15 is 0 Å². The van der Waals surface area contributed by atoms with Gasteiger partial charge in [0.25, 0.3) is 11.8 Å². The average Bonchev–Trinajstić information content (AvgIpc) is 2.72. The van der Waals surface area contributed by atoms with Crippen molar-refractivity contribution in [2.24, 2.45) is 0 Å². The second-order valence-corrected chi connectivity index (χ2v) is 6.60. The number of hydrogen-bond donors (Lipinski definition) is 2. The number of amides is 2. The fourth-order valence-corrected chi connectivity index (χ4v) is 2.56. The van der Waals surface area contributed by atoms with Crippen molar-refractivity contribution < 1.29 is 18.7 Å². The molecule has 0 unspecified atom stereocenters. The molecule has 0 radical (unpaired) electrons. The fraction of sp³-hybridized carbons (Fsp3) is 0.130. The molecule has 5 nitrogen and oxygen atoms in total. The summed E-state index contributed by atoms with van der Waals surface area (Å²) in [5, 5.41) is 5.48. The van der Waals surface area contributed by atoms with Crippen LogP contribution >= 0.6 is 0 Å². The van der Waals surface area contributed by atoms with Crippen LogP contribution in [0, 0.1) is 12.7 Å². The van der Waals surface area contributed by atoms with Gasteiger partial charge in [-0.1, -0.05) is 17.7 Å². The van der Waals surface area contributed by atoms with E-state index in [1.807, 2.05) is 31.2 Å². The van der Waals surface area contributed by atoms with Crippen LogP contribution in [0.2, 0.25) is 0 Å². The third-order valence-corrected chi connectivity index (χ3v) is 4.22. The summed E-state index contributed by atoms with van der Waals surface area (Å²) >= 11 is 0. The zero-order chi connectivity index (χ0) is 20.8. The van der Waals surface area contributed by atoms with Crippen LogP contribution in [0.5, 0.6) is 5.75 Å². The van der Waals surface area contributed by atoms with Crippen molar-refractivity contribution in [2.75, 3.05) is 10.6 Å². The summed E-state index contributed by atoms with van der Waals surface area (Å²) in [7, 11) is 0.